The molecule has 1 N–H and O–H groups in total. The number of hydrogen-bond donors (Lipinski definition) is 1. The molecule has 1 fully saturated rings. The van der Waals surface area contributed by atoms with Crippen molar-refractivity contribution in [2.24, 2.45) is 0 Å². The van der Waals surface area contributed by atoms with Crippen molar-refractivity contribution in [3.63, 3.8) is 0 Å². The van der Waals surface area contributed by atoms with E-state index in [1.54, 1.807) is 23.2 Å². The number of amides is 1. The van der Waals surface area contributed by atoms with Crippen molar-refractivity contribution < 1.29 is 9.59 Å². The molecule has 1 saturated heterocycles. The molecule has 3 aliphatic rings. The second-order valence-corrected chi connectivity index (χ2v) is 10.6. The van der Waals surface area contributed by atoms with Crippen LogP contribution in [-0.2, 0) is 24.3 Å². The summed E-state index contributed by atoms with van der Waals surface area (Å²) in [4.78, 5) is 30.8. The monoisotopic (exact) mass is 519 g/mol. The van der Waals surface area contributed by atoms with E-state index in [4.69, 9.17) is 0 Å². The number of rotatable bonds is 7. The highest BCUT2D eigenvalue weighted by Crippen LogP contribution is 2.34. The molecule has 1 amide bonds. The van der Waals surface area contributed by atoms with Gasteiger partial charge in [-0.3, -0.25) is 19.2 Å². The number of piperazine rings is 1. The summed E-state index contributed by atoms with van der Waals surface area (Å²) in [6.45, 7) is 5.84. The van der Waals surface area contributed by atoms with E-state index in [1.165, 1.54) is 16.7 Å². The number of fused-ring (bicyclic) bond motifs is 1. The standard InChI is InChI=1S/C32H33N5O2/c1-35-12-14-36(15-13-35)21-25-9-5-8-24-16-26(17-29(24)25)30-18-28(10-11-31(30)38)34-32(39)27-19-33-37(22-27)20-23-6-3-2-4-7-23/h2-10,17-19,22H,11-16,20-21H2,1H3,(H,34,39). The predicted molar refractivity (Wildman–Crippen MR) is 152 cm³/mol. The molecule has 2 aliphatic carbocycles. The number of carbonyl (C=O) groups excluding carboxylic acids is 2. The molecule has 6 rings (SSSR count). The van der Waals surface area contributed by atoms with Crippen LogP contribution >= 0.6 is 0 Å². The summed E-state index contributed by atoms with van der Waals surface area (Å²) in [5.74, 6) is -0.146. The molecule has 2 heterocycles. The Morgan fingerprint density at radius 2 is 1.79 bits per heavy atom. The summed E-state index contributed by atoms with van der Waals surface area (Å²) in [6, 6.07) is 16.5. The first kappa shape index (κ1) is 25.2. The number of benzene rings is 2. The zero-order valence-electron chi connectivity index (χ0n) is 22.3. The highest BCUT2D eigenvalue weighted by Gasteiger charge is 2.25. The van der Waals surface area contributed by atoms with Gasteiger partial charge in [-0.15, -0.1) is 0 Å². The molecule has 0 saturated carbocycles. The second-order valence-electron chi connectivity index (χ2n) is 10.6. The maximum atomic E-state index is 13.0. The van der Waals surface area contributed by atoms with Gasteiger partial charge in [0.15, 0.2) is 5.78 Å². The van der Waals surface area contributed by atoms with E-state index < -0.39 is 0 Å². The van der Waals surface area contributed by atoms with Gasteiger partial charge in [0.1, 0.15) is 0 Å². The number of Topliss-reactive ketones (excluding diaryl/α,β-unsaturated/α-hetero) is 1. The Balaban J connectivity index is 1.15. The SMILES string of the molecule is CN1CCN(Cc2cccc3c2C=C(C2=CC(NC(=O)c4cnn(Cc5ccccc5)c4)=CCC2=O)C3)CC1. The molecule has 0 radical (unpaired) electrons. The van der Waals surface area contributed by atoms with Crippen molar-refractivity contribution >= 4 is 17.8 Å². The number of carbonyl (C=O) groups is 2. The lowest BCUT2D eigenvalue weighted by Crippen LogP contribution is -2.43. The summed E-state index contributed by atoms with van der Waals surface area (Å²) in [5.41, 5.74) is 7.78. The Morgan fingerprint density at radius 1 is 0.974 bits per heavy atom. The van der Waals surface area contributed by atoms with Crippen LogP contribution in [0.15, 0.2) is 89.9 Å². The van der Waals surface area contributed by atoms with Crippen molar-refractivity contribution in [2.45, 2.75) is 25.9 Å². The van der Waals surface area contributed by atoms with Crippen LogP contribution in [0, 0.1) is 0 Å². The first-order chi connectivity index (χ1) is 19.0. The normalized spacial score (nSPS) is 17.9. The van der Waals surface area contributed by atoms with E-state index in [9.17, 15) is 9.59 Å². The number of likely N-dealkylation sites (N-methyl/N-ethyl adjacent to an activating group) is 1. The van der Waals surface area contributed by atoms with Gasteiger partial charge in [0.2, 0.25) is 0 Å². The number of hydrogen-bond acceptors (Lipinski definition) is 5. The average molecular weight is 520 g/mol. The van der Waals surface area contributed by atoms with Gasteiger partial charge in [-0.1, -0.05) is 60.7 Å². The minimum atomic E-state index is -0.233. The van der Waals surface area contributed by atoms with Gasteiger partial charge < -0.3 is 10.2 Å². The van der Waals surface area contributed by atoms with Crippen molar-refractivity contribution in [3.8, 4) is 0 Å². The first-order valence-corrected chi connectivity index (χ1v) is 13.6. The molecule has 0 atom stereocenters. The minimum Gasteiger partial charge on any atom is -0.322 e. The lowest BCUT2D eigenvalue weighted by atomic mass is 9.93. The van der Waals surface area contributed by atoms with E-state index >= 15 is 0 Å². The summed E-state index contributed by atoms with van der Waals surface area (Å²) in [5, 5.41) is 7.32. The fraction of sp³-hybridized carbons (Fsp3) is 0.281. The smallest absolute Gasteiger partial charge is 0.258 e. The third kappa shape index (κ3) is 5.70. The number of nitrogens with zero attached hydrogens (tertiary/aromatic N) is 4. The van der Waals surface area contributed by atoms with Crippen LogP contribution in [0.2, 0.25) is 0 Å². The molecule has 3 aromatic rings. The minimum absolute atomic E-state index is 0.0864. The van der Waals surface area contributed by atoms with Crippen molar-refractivity contribution in [1.29, 1.82) is 0 Å². The van der Waals surface area contributed by atoms with Gasteiger partial charge >= 0.3 is 0 Å². The van der Waals surface area contributed by atoms with E-state index in [0.29, 0.717) is 23.4 Å². The molecular weight excluding hydrogens is 486 g/mol. The largest absolute Gasteiger partial charge is 0.322 e. The summed E-state index contributed by atoms with van der Waals surface area (Å²) < 4.78 is 1.75. The van der Waals surface area contributed by atoms with Gasteiger partial charge in [0, 0.05) is 56.6 Å². The molecule has 39 heavy (non-hydrogen) atoms. The zero-order chi connectivity index (χ0) is 26.8. The van der Waals surface area contributed by atoms with Crippen LogP contribution in [0.5, 0.6) is 0 Å². The van der Waals surface area contributed by atoms with Crippen molar-refractivity contribution in [3.05, 3.63) is 118 Å². The Kier molecular flexibility index (Phi) is 7.09. The van der Waals surface area contributed by atoms with Crippen LogP contribution in [0.1, 0.15) is 39.0 Å². The molecule has 0 bridgehead atoms. The molecule has 2 aromatic carbocycles. The van der Waals surface area contributed by atoms with E-state index in [-0.39, 0.29) is 18.1 Å². The average Bonchev–Trinajstić information content (AvgIpc) is 3.60. The van der Waals surface area contributed by atoms with Crippen LogP contribution in [-0.4, -0.2) is 64.5 Å². The van der Waals surface area contributed by atoms with E-state index in [0.717, 1.165) is 50.3 Å². The van der Waals surface area contributed by atoms with Gasteiger partial charge in [-0.25, -0.2) is 0 Å². The number of aromatic nitrogens is 2. The van der Waals surface area contributed by atoms with E-state index in [1.807, 2.05) is 36.4 Å². The van der Waals surface area contributed by atoms with Crippen molar-refractivity contribution in [2.75, 3.05) is 33.2 Å². The molecule has 1 aromatic heterocycles. The highest BCUT2D eigenvalue weighted by atomic mass is 16.1. The Morgan fingerprint density at radius 3 is 2.62 bits per heavy atom. The van der Waals surface area contributed by atoms with Gasteiger partial charge in [0.25, 0.3) is 5.91 Å². The lowest BCUT2D eigenvalue weighted by Gasteiger charge is -2.32. The third-order valence-corrected chi connectivity index (χ3v) is 7.77. The molecule has 0 spiro atoms. The Labute approximate surface area is 229 Å². The van der Waals surface area contributed by atoms with Gasteiger partial charge in [-0.05, 0) is 47.4 Å². The van der Waals surface area contributed by atoms with Crippen LogP contribution in [0.25, 0.3) is 6.08 Å². The fourth-order valence-corrected chi connectivity index (χ4v) is 5.50. The van der Waals surface area contributed by atoms with Crippen molar-refractivity contribution in [1.82, 2.24) is 24.9 Å². The van der Waals surface area contributed by atoms with Crippen LogP contribution in [0.4, 0.5) is 0 Å². The first-order valence-electron chi connectivity index (χ1n) is 13.6. The van der Waals surface area contributed by atoms with E-state index in [2.05, 4.69) is 51.5 Å². The quantitative estimate of drug-likeness (QED) is 0.514. The maximum absolute atomic E-state index is 13.0. The number of nitrogens with one attached hydrogen (secondary N) is 1. The summed E-state index contributed by atoms with van der Waals surface area (Å²) in [7, 11) is 2.17. The number of ketones is 1. The lowest BCUT2D eigenvalue weighted by molar-refractivity contribution is -0.114. The fourth-order valence-electron chi connectivity index (χ4n) is 5.50. The topological polar surface area (TPSA) is 70.5 Å². The zero-order valence-corrected chi connectivity index (χ0v) is 22.3. The summed E-state index contributed by atoms with van der Waals surface area (Å²) in [6.07, 6.45) is 10.1. The maximum Gasteiger partial charge on any atom is 0.258 e. The highest BCUT2D eigenvalue weighted by molar-refractivity contribution is 6.04. The molecule has 0 unspecified atom stereocenters. The second kappa shape index (κ2) is 11.0. The van der Waals surface area contributed by atoms with Gasteiger partial charge in [0.05, 0.1) is 18.3 Å². The molecule has 7 nitrogen and oxygen atoms in total. The summed E-state index contributed by atoms with van der Waals surface area (Å²) >= 11 is 0. The molecular formula is C32H33N5O2. The molecule has 7 heteroatoms. The van der Waals surface area contributed by atoms with Crippen LogP contribution < -0.4 is 5.32 Å². The van der Waals surface area contributed by atoms with Crippen LogP contribution in [0.3, 0.4) is 0 Å². The van der Waals surface area contributed by atoms with Gasteiger partial charge in [-0.2, -0.15) is 5.10 Å². The third-order valence-electron chi connectivity index (χ3n) is 7.77. The predicted octanol–water partition coefficient (Wildman–Crippen LogP) is 3.83. The molecule has 198 valence electrons. The Bertz CT molecular complexity index is 1490. The Hall–Kier alpha value is -4.07. The number of allylic oxidation sites excluding steroid dienone is 4. The molecule has 1 aliphatic heterocycles.